The van der Waals surface area contributed by atoms with Crippen LogP contribution < -0.4 is 10.1 Å². The number of pyridine rings is 1. The summed E-state index contributed by atoms with van der Waals surface area (Å²) in [6.45, 7) is 0. The van der Waals surface area contributed by atoms with Crippen molar-refractivity contribution in [3.8, 4) is 23.1 Å². The molecule has 1 aromatic carbocycles. The van der Waals surface area contributed by atoms with Crippen LogP contribution in [0.5, 0.6) is 5.75 Å². The van der Waals surface area contributed by atoms with Gasteiger partial charge in [-0.2, -0.15) is 5.26 Å². The average molecular weight is 465 g/mol. The SMILES string of the molecule is COc1ccc(-c2csc(NC(=O)CCSc3nc4c(cc3C#N)CCCCC4)n2)cc1. The quantitative estimate of drug-likeness (QED) is 0.368. The monoisotopic (exact) mass is 464 g/mol. The highest BCUT2D eigenvalue weighted by Gasteiger charge is 2.15. The Morgan fingerprint density at radius 3 is 2.81 bits per heavy atom. The number of anilines is 1. The third kappa shape index (κ3) is 5.47. The maximum Gasteiger partial charge on any atom is 0.226 e. The first-order chi connectivity index (χ1) is 15.7. The van der Waals surface area contributed by atoms with Crippen molar-refractivity contribution in [2.24, 2.45) is 0 Å². The van der Waals surface area contributed by atoms with Gasteiger partial charge in [-0.15, -0.1) is 23.1 Å². The zero-order valence-electron chi connectivity index (χ0n) is 17.9. The van der Waals surface area contributed by atoms with Gasteiger partial charge in [-0.1, -0.05) is 6.42 Å². The summed E-state index contributed by atoms with van der Waals surface area (Å²) in [5.41, 5.74) is 4.71. The molecule has 164 valence electrons. The van der Waals surface area contributed by atoms with E-state index in [1.54, 1.807) is 7.11 Å². The van der Waals surface area contributed by atoms with Gasteiger partial charge in [-0.3, -0.25) is 4.79 Å². The molecule has 8 heteroatoms. The highest BCUT2D eigenvalue weighted by atomic mass is 32.2. The second-order valence-electron chi connectivity index (χ2n) is 7.53. The molecule has 1 aliphatic carbocycles. The third-order valence-electron chi connectivity index (χ3n) is 5.34. The molecular weight excluding hydrogens is 440 g/mol. The number of thioether (sulfide) groups is 1. The van der Waals surface area contributed by atoms with Crippen LogP contribution in [0.1, 0.15) is 42.5 Å². The second kappa shape index (κ2) is 10.6. The molecule has 32 heavy (non-hydrogen) atoms. The molecule has 0 aliphatic heterocycles. The third-order valence-corrected chi connectivity index (χ3v) is 7.09. The van der Waals surface area contributed by atoms with Crippen molar-refractivity contribution in [2.75, 3.05) is 18.2 Å². The van der Waals surface area contributed by atoms with E-state index in [-0.39, 0.29) is 5.91 Å². The normalized spacial score (nSPS) is 13.0. The minimum Gasteiger partial charge on any atom is -0.497 e. The fourth-order valence-corrected chi connectivity index (χ4v) is 5.28. The van der Waals surface area contributed by atoms with E-state index in [0.717, 1.165) is 53.4 Å². The summed E-state index contributed by atoms with van der Waals surface area (Å²) in [5.74, 6) is 1.25. The molecule has 2 heterocycles. The summed E-state index contributed by atoms with van der Waals surface area (Å²) in [7, 11) is 1.63. The van der Waals surface area contributed by atoms with Gasteiger partial charge in [0, 0.05) is 28.8 Å². The number of thiazole rings is 1. The van der Waals surface area contributed by atoms with E-state index in [4.69, 9.17) is 9.72 Å². The number of aromatic nitrogens is 2. The first-order valence-corrected chi connectivity index (χ1v) is 12.5. The number of rotatable bonds is 7. The lowest BCUT2D eigenvalue weighted by molar-refractivity contribution is -0.115. The topological polar surface area (TPSA) is 87.9 Å². The smallest absolute Gasteiger partial charge is 0.226 e. The van der Waals surface area contributed by atoms with Crippen LogP contribution in [0.15, 0.2) is 40.7 Å². The molecule has 0 fully saturated rings. The summed E-state index contributed by atoms with van der Waals surface area (Å²) in [6, 6.07) is 11.9. The molecule has 2 aromatic heterocycles. The van der Waals surface area contributed by atoms with Gasteiger partial charge in [0.25, 0.3) is 0 Å². The van der Waals surface area contributed by atoms with E-state index in [1.807, 2.05) is 35.7 Å². The van der Waals surface area contributed by atoms with E-state index in [0.29, 0.717) is 22.9 Å². The van der Waals surface area contributed by atoms with Gasteiger partial charge >= 0.3 is 0 Å². The number of nitrogens with one attached hydrogen (secondary N) is 1. The largest absolute Gasteiger partial charge is 0.497 e. The number of amides is 1. The molecule has 1 aliphatic rings. The summed E-state index contributed by atoms with van der Waals surface area (Å²) < 4.78 is 5.18. The first kappa shape index (κ1) is 22.3. The van der Waals surface area contributed by atoms with Crippen molar-refractivity contribution in [2.45, 2.75) is 43.6 Å². The lowest BCUT2D eigenvalue weighted by Crippen LogP contribution is -2.12. The van der Waals surface area contributed by atoms with Crippen molar-refractivity contribution in [3.63, 3.8) is 0 Å². The van der Waals surface area contributed by atoms with Gasteiger partial charge in [-0.25, -0.2) is 9.97 Å². The predicted octanol–water partition coefficient (Wildman–Crippen LogP) is 5.48. The van der Waals surface area contributed by atoms with Gasteiger partial charge in [0.2, 0.25) is 5.91 Å². The number of nitriles is 1. The molecule has 0 unspecified atom stereocenters. The van der Waals surface area contributed by atoms with E-state index >= 15 is 0 Å². The number of benzene rings is 1. The number of ether oxygens (including phenoxy) is 1. The Labute approximate surface area is 196 Å². The molecule has 0 radical (unpaired) electrons. The lowest BCUT2D eigenvalue weighted by atomic mass is 10.1. The molecule has 1 N–H and O–H groups in total. The van der Waals surface area contributed by atoms with Gasteiger partial charge in [0.05, 0.1) is 18.4 Å². The maximum atomic E-state index is 12.4. The molecule has 0 bridgehead atoms. The van der Waals surface area contributed by atoms with Crippen molar-refractivity contribution in [1.29, 1.82) is 5.26 Å². The van der Waals surface area contributed by atoms with Crippen molar-refractivity contribution in [3.05, 3.63) is 52.5 Å². The Bertz CT molecular complexity index is 1140. The van der Waals surface area contributed by atoms with Crippen molar-refractivity contribution >= 4 is 34.1 Å². The Kier molecular flexibility index (Phi) is 7.40. The van der Waals surface area contributed by atoms with E-state index in [2.05, 4.69) is 16.4 Å². The first-order valence-electron chi connectivity index (χ1n) is 10.6. The summed E-state index contributed by atoms with van der Waals surface area (Å²) >= 11 is 2.87. The van der Waals surface area contributed by atoms with Gasteiger partial charge in [0.1, 0.15) is 16.8 Å². The zero-order valence-corrected chi connectivity index (χ0v) is 19.5. The van der Waals surface area contributed by atoms with Crippen LogP contribution in [-0.4, -0.2) is 28.7 Å². The molecule has 6 nitrogen and oxygen atoms in total. The summed E-state index contributed by atoms with van der Waals surface area (Å²) in [4.78, 5) is 21.7. The van der Waals surface area contributed by atoms with Crippen LogP contribution in [0.4, 0.5) is 5.13 Å². The number of methoxy groups -OCH3 is 1. The number of hydrogen-bond donors (Lipinski definition) is 1. The Hall–Kier alpha value is -2.89. The number of hydrogen-bond acceptors (Lipinski definition) is 7. The van der Waals surface area contributed by atoms with Crippen LogP contribution in [0, 0.1) is 11.3 Å². The summed E-state index contributed by atoms with van der Waals surface area (Å²) in [5, 5.41) is 15.6. The standard InChI is InChI=1S/C24H24N4O2S2/c1-30-19-9-7-16(8-10-19)21-15-32-24(27-21)28-22(29)11-12-31-23-18(14-25)13-17-5-3-2-4-6-20(17)26-23/h7-10,13,15H,2-6,11-12H2,1H3,(H,27,28,29). The molecule has 0 saturated carbocycles. The minimum absolute atomic E-state index is 0.0959. The fraction of sp³-hybridized carbons (Fsp3) is 0.333. The predicted molar refractivity (Wildman–Crippen MR) is 128 cm³/mol. The van der Waals surface area contributed by atoms with Crippen LogP contribution in [-0.2, 0) is 17.6 Å². The average Bonchev–Trinajstić information content (AvgIpc) is 3.15. The van der Waals surface area contributed by atoms with Crippen molar-refractivity contribution in [1.82, 2.24) is 9.97 Å². The van der Waals surface area contributed by atoms with E-state index < -0.39 is 0 Å². The van der Waals surface area contributed by atoms with Crippen molar-refractivity contribution < 1.29 is 9.53 Å². The van der Waals surface area contributed by atoms with Crippen LogP contribution >= 0.6 is 23.1 Å². The molecule has 4 rings (SSSR count). The van der Waals surface area contributed by atoms with Crippen LogP contribution in [0.2, 0.25) is 0 Å². The molecule has 3 aromatic rings. The fourth-order valence-electron chi connectivity index (χ4n) is 3.63. The molecule has 0 saturated heterocycles. The molecule has 0 spiro atoms. The van der Waals surface area contributed by atoms with Crippen LogP contribution in [0.25, 0.3) is 11.3 Å². The number of aryl methyl sites for hydroxylation is 2. The highest BCUT2D eigenvalue weighted by Crippen LogP contribution is 2.28. The van der Waals surface area contributed by atoms with E-state index in [9.17, 15) is 10.1 Å². The van der Waals surface area contributed by atoms with Gasteiger partial charge in [-0.05, 0) is 61.6 Å². The maximum absolute atomic E-state index is 12.4. The lowest BCUT2D eigenvalue weighted by Gasteiger charge is -2.09. The Morgan fingerprint density at radius 2 is 2.03 bits per heavy atom. The van der Waals surface area contributed by atoms with Gasteiger partial charge in [0.15, 0.2) is 5.13 Å². The number of nitrogens with zero attached hydrogens (tertiary/aromatic N) is 3. The zero-order chi connectivity index (χ0) is 22.3. The molecule has 0 atom stereocenters. The molecular formula is C24H24N4O2S2. The number of fused-ring (bicyclic) bond motifs is 1. The van der Waals surface area contributed by atoms with Gasteiger partial charge < -0.3 is 10.1 Å². The Morgan fingerprint density at radius 1 is 1.22 bits per heavy atom. The second-order valence-corrected chi connectivity index (χ2v) is 9.47. The summed E-state index contributed by atoms with van der Waals surface area (Å²) in [6.07, 6.45) is 5.80. The number of carbonyl (C=O) groups excluding carboxylic acids is 1. The number of carbonyl (C=O) groups is 1. The highest BCUT2D eigenvalue weighted by molar-refractivity contribution is 7.99. The Balaban J connectivity index is 1.32. The van der Waals surface area contributed by atoms with Crippen LogP contribution in [0.3, 0.4) is 0 Å². The molecule has 1 amide bonds. The minimum atomic E-state index is -0.0959. The van der Waals surface area contributed by atoms with E-state index in [1.165, 1.54) is 35.1 Å².